The van der Waals surface area contributed by atoms with Crippen molar-refractivity contribution >= 4 is 27.8 Å². The first kappa shape index (κ1) is 27.5. The number of amides is 1. The van der Waals surface area contributed by atoms with Crippen LogP contribution in [-0.4, -0.2) is 46.3 Å². The van der Waals surface area contributed by atoms with Gasteiger partial charge in [0.1, 0.15) is 23.1 Å². The number of hydrogen-bond acceptors (Lipinski definition) is 8. The molecule has 1 amide bonds. The number of thiazole rings is 1. The fraction of sp³-hybridized carbons (Fsp3) is 0.357. The van der Waals surface area contributed by atoms with Crippen molar-refractivity contribution in [1.29, 1.82) is 0 Å². The number of rotatable bonds is 8. The molecule has 0 aliphatic carbocycles. The van der Waals surface area contributed by atoms with Gasteiger partial charge in [-0.1, -0.05) is 41.7 Å². The summed E-state index contributed by atoms with van der Waals surface area (Å²) in [5.41, 5.74) is 0.636. The summed E-state index contributed by atoms with van der Waals surface area (Å²) >= 11 is 1.04. The van der Waals surface area contributed by atoms with Crippen molar-refractivity contribution in [3.05, 3.63) is 80.8 Å². The second-order valence-electron chi connectivity index (χ2n) is 9.49. The van der Waals surface area contributed by atoms with E-state index in [4.69, 9.17) is 14.2 Å². The topological polar surface area (TPSA) is 95.8 Å². The van der Waals surface area contributed by atoms with E-state index in [1.165, 1.54) is 14.2 Å². The Kier molecular flexibility index (Phi) is 7.70. The van der Waals surface area contributed by atoms with E-state index in [2.05, 4.69) is 9.97 Å². The molecule has 1 saturated heterocycles. The zero-order valence-corrected chi connectivity index (χ0v) is 23.0. The van der Waals surface area contributed by atoms with Crippen LogP contribution in [0.3, 0.4) is 0 Å². The number of carbonyl (C=O) groups excluding carboxylic acids is 1. The van der Waals surface area contributed by atoms with Crippen LogP contribution >= 0.6 is 11.3 Å². The van der Waals surface area contributed by atoms with Crippen LogP contribution in [0.2, 0.25) is 0 Å². The molecule has 210 valence electrons. The average molecular weight is 571 g/mol. The Balaban J connectivity index is 1.48. The minimum atomic E-state index is -3.40. The summed E-state index contributed by atoms with van der Waals surface area (Å²) in [7, 11) is 2.95. The molecule has 1 unspecified atom stereocenters. The van der Waals surface area contributed by atoms with Crippen molar-refractivity contribution < 1.29 is 27.8 Å². The molecule has 5 rings (SSSR count). The number of aromatic nitrogens is 3. The Morgan fingerprint density at radius 2 is 1.90 bits per heavy atom. The zero-order chi connectivity index (χ0) is 28.4. The molecule has 0 saturated carbocycles. The van der Waals surface area contributed by atoms with Gasteiger partial charge in [0.2, 0.25) is 0 Å². The highest BCUT2D eigenvalue weighted by Crippen LogP contribution is 2.37. The zero-order valence-electron chi connectivity index (χ0n) is 22.2. The first-order valence-electron chi connectivity index (χ1n) is 12.7. The van der Waals surface area contributed by atoms with Crippen LogP contribution in [0.5, 0.6) is 11.5 Å². The predicted octanol–water partition coefficient (Wildman–Crippen LogP) is 5.50. The maximum Gasteiger partial charge on any atom is 0.410 e. The lowest BCUT2D eigenvalue weighted by molar-refractivity contribution is 0.00329. The van der Waals surface area contributed by atoms with Crippen molar-refractivity contribution in [2.75, 3.05) is 20.8 Å². The van der Waals surface area contributed by atoms with Gasteiger partial charge in [-0.05, 0) is 30.5 Å². The van der Waals surface area contributed by atoms with Gasteiger partial charge in [0.05, 0.1) is 26.8 Å². The van der Waals surface area contributed by atoms with E-state index in [0.29, 0.717) is 48.4 Å². The molecule has 1 atom stereocenters. The Morgan fingerprint density at radius 1 is 1.12 bits per heavy atom. The second-order valence-corrected chi connectivity index (χ2v) is 10.5. The van der Waals surface area contributed by atoms with Crippen LogP contribution in [0.4, 0.5) is 13.6 Å². The van der Waals surface area contributed by atoms with Gasteiger partial charge in [0.15, 0.2) is 16.2 Å². The minimum Gasteiger partial charge on any atom is -0.497 e. The van der Waals surface area contributed by atoms with Crippen LogP contribution in [0.1, 0.15) is 47.8 Å². The predicted molar refractivity (Wildman–Crippen MR) is 145 cm³/mol. The smallest absolute Gasteiger partial charge is 0.410 e. The van der Waals surface area contributed by atoms with Crippen molar-refractivity contribution in [3.8, 4) is 11.5 Å². The number of carbonyl (C=O) groups is 1. The Labute approximate surface area is 232 Å². The maximum atomic E-state index is 14.8. The third-order valence-corrected chi connectivity index (χ3v) is 7.78. The monoisotopic (exact) mass is 570 g/mol. The normalized spacial score (nSPS) is 15.4. The van der Waals surface area contributed by atoms with Crippen molar-refractivity contribution in [2.45, 2.75) is 44.9 Å². The van der Waals surface area contributed by atoms with E-state index in [-0.39, 0.29) is 23.5 Å². The van der Waals surface area contributed by atoms with Gasteiger partial charge >= 0.3 is 12.0 Å². The Morgan fingerprint density at radius 3 is 2.60 bits per heavy atom. The van der Waals surface area contributed by atoms with Gasteiger partial charge in [0.25, 0.3) is 5.56 Å². The summed E-state index contributed by atoms with van der Waals surface area (Å²) < 4.78 is 46.6. The van der Waals surface area contributed by atoms with Crippen LogP contribution in [0.15, 0.2) is 53.3 Å². The number of hydrogen-bond donors (Lipinski definition) is 0. The molecule has 40 heavy (non-hydrogen) atoms. The first-order chi connectivity index (χ1) is 19.2. The fourth-order valence-electron chi connectivity index (χ4n) is 4.75. The molecule has 0 N–H and O–H groups in total. The fourth-order valence-corrected chi connectivity index (χ4v) is 5.82. The van der Waals surface area contributed by atoms with Crippen molar-refractivity contribution in [2.24, 2.45) is 0 Å². The molecule has 4 aromatic rings. The summed E-state index contributed by atoms with van der Waals surface area (Å²) in [5.74, 6) is -3.18. The number of fused-ring (bicyclic) bond motifs is 1. The van der Waals surface area contributed by atoms with Gasteiger partial charge in [-0.25, -0.2) is 14.8 Å². The molecule has 0 radical (unpaired) electrons. The van der Waals surface area contributed by atoms with E-state index in [0.717, 1.165) is 21.5 Å². The molecule has 2 aromatic heterocycles. The molecule has 1 aliphatic rings. The molecule has 0 bridgehead atoms. The summed E-state index contributed by atoms with van der Waals surface area (Å²) in [6.45, 7) is 1.08. The number of ether oxygens (including phenoxy) is 3. The van der Waals surface area contributed by atoms with Crippen molar-refractivity contribution in [1.82, 2.24) is 19.4 Å². The van der Waals surface area contributed by atoms with Crippen LogP contribution < -0.4 is 15.0 Å². The highest BCUT2D eigenvalue weighted by molar-refractivity contribution is 7.18. The van der Waals surface area contributed by atoms with Gasteiger partial charge in [-0.3, -0.25) is 14.3 Å². The molecular weight excluding hydrogens is 542 g/mol. The summed E-state index contributed by atoms with van der Waals surface area (Å²) in [4.78, 5) is 36.9. The second kappa shape index (κ2) is 11.2. The lowest BCUT2D eigenvalue weighted by Gasteiger charge is -2.22. The SMILES string of the molecule is COc1ccc(Cn2c(C(C)(F)F)nc3sc(C4CCCN4C(=O)OCc4ccccc4)nc3c2=O)c(OC)c1. The number of methoxy groups -OCH3 is 2. The molecule has 1 aliphatic heterocycles. The third kappa shape index (κ3) is 5.48. The van der Waals surface area contributed by atoms with Crippen molar-refractivity contribution in [3.63, 3.8) is 0 Å². The minimum absolute atomic E-state index is 0.0232. The van der Waals surface area contributed by atoms with Gasteiger partial charge in [0, 0.05) is 25.1 Å². The van der Waals surface area contributed by atoms with Gasteiger partial charge in [-0.2, -0.15) is 8.78 Å². The van der Waals surface area contributed by atoms with Gasteiger partial charge < -0.3 is 14.2 Å². The Bertz CT molecular complexity index is 1590. The van der Waals surface area contributed by atoms with E-state index in [1.54, 1.807) is 23.1 Å². The van der Waals surface area contributed by atoms with Crippen LogP contribution in [0, 0.1) is 0 Å². The largest absolute Gasteiger partial charge is 0.497 e. The van der Waals surface area contributed by atoms with Crippen LogP contribution in [0.25, 0.3) is 10.3 Å². The molecular formula is C28H28F2N4O5S. The lowest BCUT2D eigenvalue weighted by Crippen LogP contribution is -2.31. The molecule has 9 nitrogen and oxygen atoms in total. The highest BCUT2D eigenvalue weighted by Gasteiger charge is 2.36. The Hall–Kier alpha value is -4.06. The molecule has 3 heterocycles. The third-order valence-electron chi connectivity index (χ3n) is 6.73. The quantitative estimate of drug-likeness (QED) is 0.276. The van der Waals surface area contributed by atoms with E-state index >= 15 is 0 Å². The lowest BCUT2D eigenvalue weighted by atomic mass is 10.1. The van der Waals surface area contributed by atoms with E-state index < -0.39 is 29.4 Å². The van der Waals surface area contributed by atoms with E-state index in [1.807, 2.05) is 30.3 Å². The summed E-state index contributed by atoms with van der Waals surface area (Å²) in [5, 5.41) is 0.457. The average Bonchev–Trinajstić information content (AvgIpc) is 3.61. The van der Waals surface area contributed by atoms with Crippen LogP contribution in [-0.2, 0) is 23.8 Å². The maximum absolute atomic E-state index is 14.8. The summed E-state index contributed by atoms with van der Waals surface area (Å²) in [6, 6.07) is 13.8. The number of nitrogens with zero attached hydrogens (tertiary/aromatic N) is 4. The highest BCUT2D eigenvalue weighted by atomic mass is 32.1. The number of likely N-dealkylation sites (tertiary alicyclic amines) is 1. The molecule has 12 heteroatoms. The number of halogens is 2. The molecule has 0 spiro atoms. The first-order valence-corrected chi connectivity index (χ1v) is 13.5. The summed E-state index contributed by atoms with van der Waals surface area (Å²) in [6.07, 6.45) is 0.825. The standard InChI is InChI=1S/C28H28F2N4O5S/c1-28(29,30)26-32-24-22(25(35)34(26)15-18-11-12-19(37-2)14-21(18)38-3)31-23(40-24)20-10-7-13-33(20)27(36)39-16-17-8-5-4-6-9-17/h4-6,8-9,11-12,14,20H,7,10,13,15-16H2,1-3H3. The number of alkyl halides is 2. The number of benzene rings is 2. The van der Waals surface area contributed by atoms with E-state index in [9.17, 15) is 18.4 Å². The van der Waals surface area contributed by atoms with Gasteiger partial charge in [-0.15, -0.1) is 0 Å². The molecule has 1 fully saturated rings. The molecule has 2 aromatic carbocycles.